The van der Waals surface area contributed by atoms with Crippen molar-refractivity contribution >= 4 is 0 Å². The topological polar surface area (TPSA) is 30.9 Å². The quantitative estimate of drug-likeness (QED) is 0.850. The highest BCUT2D eigenvalue weighted by molar-refractivity contribution is 5.45. The number of nitrogens with zero attached hydrogens (tertiary/aromatic N) is 1. The van der Waals surface area contributed by atoms with Crippen LogP contribution < -0.4 is 9.47 Å². The van der Waals surface area contributed by atoms with Gasteiger partial charge < -0.3 is 9.47 Å². The smallest absolute Gasteiger partial charge is 0.133 e. The SMILES string of the molecule is COc1ccc2c(c1)OCCCN(C)OC2c1ccccc1. The Balaban J connectivity index is 2.05. The van der Waals surface area contributed by atoms with Gasteiger partial charge in [0.2, 0.25) is 0 Å². The number of benzene rings is 2. The fourth-order valence-electron chi connectivity index (χ4n) is 2.61. The van der Waals surface area contributed by atoms with Crippen LogP contribution in [-0.2, 0) is 4.84 Å². The molecule has 0 bridgehead atoms. The van der Waals surface area contributed by atoms with Gasteiger partial charge in [0.25, 0.3) is 0 Å². The van der Waals surface area contributed by atoms with E-state index in [-0.39, 0.29) is 6.10 Å². The fraction of sp³-hybridized carbons (Fsp3) is 0.333. The van der Waals surface area contributed by atoms with Crippen LogP contribution in [0.2, 0.25) is 0 Å². The maximum atomic E-state index is 6.17. The first-order valence-electron chi connectivity index (χ1n) is 7.51. The molecule has 0 N–H and O–H groups in total. The van der Waals surface area contributed by atoms with Crippen LogP contribution in [0.4, 0.5) is 0 Å². The molecular formula is C18H21NO3. The molecule has 1 unspecified atom stereocenters. The summed E-state index contributed by atoms with van der Waals surface area (Å²) >= 11 is 0. The van der Waals surface area contributed by atoms with E-state index in [9.17, 15) is 0 Å². The zero-order chi connectivity index (χ0) is 15.4. The van der Waals surface area contributed by atoms with E-state index in [4.69, 9.17) is 14.3 Å². The van der Waals surface area contributed by atoms with Crippen LogP contribution in [0.25, 0.3) is 0 Å². The Kier molecular flexibility index (Phi) is 4.61. The lowest BCUT2D eigenvalue weighted by Crippen LogP contribution is -2.23. The van der Waals surface area contributed by atoms with Crippen molar-refractivity contribution in [1.29, 1.82) is 0 Å². The van der Waals surface area contributed by atoms with Gasteiger partial charge in [-0.25, -0.2) is 0 Å². The number of hydrogen-bond donors (Lipinski definition) is 0. The van der Waals surface area contributed by atoms with E-state index in [1.165, 1.54) is 0 Å². The zero-order valence-electron chi connectivity index (χ0n) is 13.0. The minimum atomic E-state index is -0.190. The van der Waals surface area contributed by atoms with Crippen molar-refractivity contribution in [3.63, 3.8) is 0 Å². The number of ether oxygens (including phenoxy) is 2. The van der Waals surface area contributed by atoms with E-state index in [0.29, 0.717) is 6.61 Å². The second-order valence-electron chi connectivity index (χ2n) is 5.35. The largest absolute Gasteiger partial charge is 0.497 e. The Hall–Kier alpha value is -2.04. The third-order valence-electron chi connectivity index (χ3n) is 3.77. The molecule has 1 heterocycles. The summed E-state index contributed by atoms with van der Waals surface area (Å²) in [5.74, 6) is 1.61. The molecule has 0 saturated heterocycles. The van der Waals surface area contributed by atoms with Gasteiger partial charge in [-0.3, -0.25) is 4.84 Å². The van der Waals surface area contributed by atoms with Crippen molar-refractivity contribution in [2.45, 2.75) is 12.5 Å². The molecule has 0 amide bonds. The van der Waals surface area contributed by atoms with Gasteiger partial charge in [-0.05, 0) is 24.1 Å². The van der Waals surface area contributed by atoms with Crippen LogP contribution >= 0.6 is 0 Å². The first-order chi connectivity index (χ1) is 10.8. The van der Waals surface area contributed by atoms with Crippen LogP contribution in [0.5, 0.6) is 11.5 Å². The number of fused-ring (bicyclic) bond motifs is 1. The summed E-state index contributed by atoms with van der Waals surface area (Å²) in [6.45, 7) is 1.49. The molecule has 116 valence electrons. The van der Waals surface area contributed by atoms with Crippen LogP contribution in [-0.4, -0.2) is 32.4 Å². The monoisotopic (exact) mass is 299 g/mol. The van der Waals surface area contributed by atoms with Crippen LogP contribution in [0, 0.1) is 0 Å². The molecule has 4 heteroatoms. The summed E-state index contributed by atoms with van der Waals surface area (Å²) in [5, 5.41) is 1.89. The maximum absolute atomic E-state index is 6.17. The Morgan fingerprint density at radius 3 is 2.73 bits per heavy atom. The first kappa shape index (κ1) is 14.9. The molecule has 3 rings (SSSR count). The lowest BCUT2D eigenvalue weighted by atomic mass is 10.0. The van der Waals surface area contributed by atoms with Gasteiger partial charge in [-0.2, -0.15) is 5.06 Å². The standard InChI is InChI=1S/C18H21NO3/c1-19-11-6-12-21-17-13-15(20-2)9-10-16(17)18(22-19)14-7-4-3-5-8-14/h3-5,7-10,13,18H,6,11-12H2,1-2H3. The first-order valence-corrected chi connectivity index (χ1v) is 7.51. The van der Waals surface area contributed by atoms with Gasteiger partial charge in [-0.1, -0.05) is 30.3 Å². The van der Waals surface area contributed by atoms with E-state index < -0.39 is 0 Å². The molecule has 22 heavy (non-hydrogen) atoms. The van der Waals surface area contributed by atoms with Crippen LogP contribution in [0.15, 0.2) is 48.5 Å². The van der Waals surface area contributed by atoms with Crippen molar-refractivity contribution in [2.75, 3.05) is 27.3 Å². The van der Waals surface area contributed by atoms with Gasteiger partial charge in [0, 0.05) is 25.2 Å². The Labute approximate surface area is 131 Å². The summed E-state index contributed by atoms with van der Waals surface area (Å²) in [5.41, 5.74) is 2.12. The molecule has 2 aromatic rings. The molecule has 0 aliphatic carbocycles. The van der Waals surface area contributed by atoms with Crippen molar-refractivity contribution in [3.8, 4) is 11.5 Å². The molecule has 4 nitrogen and oxygen atoms in total. The number of rotatable bonds is 2. The summed E-state index contributed by atoms with van der Waals surface area (Å²) in [6.07, 6.45) is 0.722. The normalized spacial score (nSPS) is 19.3. The van der Waals surface area contributed by atoms with Gasteiger partial charge >= 0.3 is 0 Å². The molecule has 0 aromatic heterocycles. The summed E-state index contributed by atoms with van der Waals surface area (Å²) in [4.78, 5) is 6.17. The molecule has 2 aromatic carbocycles. The van der Waals surface area contributed by atoms with Crippen molar-refractivity contribution in [1.82, 2.24) is 5.06 Å². The highest BCUT2D eigenvalue weighted by Crippen LogP contribution is 2.36. The average molecular weight is 299 g/mol. The molecule has 0 spiro atoms. The fourth-order valence-corrected chi connectivity index (χ4v) is 2.61. The summed E-state index contributed by atoms with van der Waals surface area (Å²) in [7, 11) is 3.63. The van der Waals surface area contributed by atoms with Gasteiger partial charge in [0.15, 0.2) is 0 Å². The number of hydrogen-bond acceptors (Lipinski definition) is 4. The molecule has 1 aliphatic rings. The Morgan fingerprint density at radius 2 is 1.95 bits per heavy atom. The third kappa shape index (κ3) is 3.24. The predicted molar refractivity (Wildman–Crippen MR) is 85.1 cm³/mol. The van der Waals surface area contributed by atoms with E-state index in [1.807, 2.05) is 48.5 Å². The van der Waals surface area contributed by atoms with Gasteiger partial charge in [0.05, 0.1) is 13.7 Å². The lowest BCUT2D eigenvalue weighted by Gasteiger charge is -2.24. The third-order valence-corrected chi connectivity index (χ3v) is 3.77. The number of hydroxylamine groups is 2. The maximum Gasteiger partial charge on any atom is 0.133 e. The Morgan fingerprint density at radius 1 is 1.14 bits per heavy atom. The molecule has 0 saturated carbocycles. The van der Waals surface area contributed by atoms with Gasteiger partial charge in [-0.15, -0.1) is 0 Å². The minimum Gasteiger partial charge on any atom is -0.497 e. The summed E-state index contributed by atoms with van der Waals surface area (Å²) in [6, 6.07) is 16.1. The second kappa shape index (κ2) is 6.81. The highest BCUT2D eigenvalue weighted by Gasteiger charge is 2.23. The van der Waals surface area contributed by atoms with E-state index in [2.05, 4.69) is 12.1 Å². The number of methoxy groups -OCH3 is 1. The van der Waals surface area contributed by atoms with Gasteiger partial charge in [0.1, 0.15) is 17.6 Å². The average Bonchev–Trinajstić information content (AvgIpc) is 2.64. The van der Waals surface area contributed by atoms with Crippen molar-refractivity contribution in [2.24, 2.45) is 0 Å². The molecule has 0 fully saturated rings. The molecule has 0 radical (unpaired) electrons. The highest BCUT2D eigenvalue weighted by atomic mass is 16.7. The minimum absolute atomic E-state index is 0.190. The Bertz CT molecular complexity index is 615. The summed E-state index contributed by atoms with van der Waals surface area (Å²) < 4.78 is 11.3. The molecular weight excluding hydrogens is 278 g/mol. The molecule has 1 atom stereocenters. The zero-order valence-corrected chi connectivity index (χ0v) is 13.0. The van der Waals surface area contributed by atoms with Crippen molar-refractivity contribution in [3.05, 3.63) is 59.7 Å². The lowest BCUT2D eigenvalue weighted by molar-refractivity contribution is -0.170. The van der Waals surface area contributed by atoms with E-state index in [0.717, 1.165) is 35.6 Å². The van der Waals surface area contributed by atoms with Crippen LogP contribution in [0.3, 0.4) is 0 Å². The predicted octanol–water partition coefficient (Wildman–Crippen LogP) is 3.43. The van der Waals surface area contributed by atoms with Crippen LogP contribution in [0.1, 0.15) is 23.7 Å². The van der Waals surface area contributed by atoms with Crippen molar-refractivity contribution < 1.29 is 14.3 Å². The second-order valence-corrected chi connectivity index (χ2v) is 5.35. The van der Waals surface area contributed by atoms with E-state index in [1.54, 1.807) is 7.11 Å². The molecule has 1 aliphatic heterocycles. The van der Waals surface area contributed by atoms with E-state index >= 15 is 0 Å².